The lowest BCUT2D eigenvalue weighted by molar-refractivity contribution is -0.0403. The van der Waals surface area contributed by atoms with E-state index in [0.29, 0.717) is 11.8 Å². The molecule has 2 unspecified atom stereocenters. The van der Waals surface area contributed by atoms with Gasteiger partial charge in [0.1, 0.15) is 0 Å². The first-order chi connectivity index (χ1) is 21.7. The Morgan fingerprint density at radius 2 is 1.36 bits per heavy atom. The molecule has 2 fully saturated rings. The number of fused-ring (bicyclic) bond motifs is 6. The minimum Gasteiger partial charge on any atom is -0.451 e. The highest BCUT2D eigenvalue weighted by Crippen LogP contribution is 2.48. The molecule has 6 aromatic rings. The third kappa shape index (κ3) is 4.60. The number of benzene rings is 3. The fourth-order valence-corrected chi connectivity index (χ4v) is 7.28. The maximum absolute atomic E-state index is 6.66. The number of likely N-dealkylation sites (tertiary alicyclic amines) is 1. The van der Waals surface area contributed by atoms with Gasteiger partial charge in [-0.3, -0.25) is 10.2 Å². The molecule has 2 atom stereocenters. The van der Waals surface area contributed by atoms with E-state index in [1.54, 1.807) is 0 Å². The molecule has 3 aliphatic rings. The molecule has 2 bridgehead atoms. The molecule has 0 amide bonds. The summed E-state index contributed by atoms with van der Waals surface area (Å²) in [4.78, 5) is 9.98. The van der Waals surface area contributed by atoms with Crippen molar-refractivity contribution in [1.29, 1.82) is 0 Å². The van der Waals surface area contributed by atoms with Gasteiger partial charge in [0.2, 0.25) is 0 Å². The van der Waals surface area contributed by atoms with Crippen LogP contribution in [0.3, 0.4) is 0 Å². The van der Waals surface area contributed by atoms with E-state index in [4.69, 9.17) is 14.5 Å². The average Bonchev–Trinajstić information content (AvgIpc) is 3.73. The number of hydrogen-bond donors (Lipinski definition) is 2. The molecule has 3 aromatic heterocycles. The van der Waals surface area contributed by atoms with Gasteiger partial charge in [0.05, 0.1) is 42.3 Å². The number of nitrogens with zero attached hydrogens (tertiary/aromatic N) is 5. The number of ether oxygens (including phenoxy) is 2. The Labute approximate surface area is 254 Å². The number of pyridine rings is 1. The van der Waals surface area contributed by atoms with Crippen LogP contribution >= 0.6 is 0 Å². The lowest BCUT2D eigenvalue weighted by atomic mass is 9.88. The Morgan fingerprint density at radius 3 is 2.11 bits per heavy atom. The second kappa shape index (κ2) is 10.5. The van der Waals surface area contributed by atoms with E-state index in [1.807, 2.05) is 18.6 Å². The highest BCUT2D eigenvalue weighted by molar-refractivity contribution is 5.87. The molecule has 0 radical (unpaired) electrons. The van der Waals surface area contributed by atoms with Crippen molar-refractivity contribution in [2.24, 2.45) is 11.8 Å². The number of nitrogens with one attached hydrogen (secondary N) is 2. The topological polar surface area (TPSA) is 95.2 Å². The maximum Gasteiger partial charge on any atom is 0.176 e. The van der Waals surface area contributed by atoms with Crippen LogP contribution < -0.4 is 9.64 Å². The summed E-state index contributed by atoms with van der Waals surface area (Å²) in [6.45, 7) is 6.03. The van der Waals surface area contributed by atoms with Crippen LogP contribution in [0.25, 0.3) is 44.1 Å². The van der Waals surface area contributed by atoms with Gasteiger partial charge in [-0.05, 0) is 90.4 Å². The van der Waals surface area contributed by atoms with E-state index in [0.717, 1.165) is 113 Å². The van der Waals surface area contributed by atoms with Gasteiger partial charge in [-0.25, -0.2) is 4.98 Å². The summed E-state index contributed by atoms with van der Waals surface area (Å²) in [6, 6.07) is 21.3. The van der Waals surface area contributed by atoms with Crippen molar-refractivity contribution in [3.63, 3.8) is 0 Å². The average molecular weight is 584 g/mol. The third-order valence-corrected chi connectivity index (χ3v) is 9.37. The molecule has 2 saturated heterocycles. The van der Waals surface area contributed by atoms with Gasteiger partial charge in [-0.2, -0.15) is 10.2 Å². The Balaban J connectivity index is 1.04. The highest BCUT2D eigenvalue weighted by atomic mass is 16.5. The molecule has 0 aliphatic carbocycles. The maximum atomic E-state index is 6.66. The lowest BCUT2D eigenvalue weighted by Crippen LogP contribution is -2.47. The van der Waals surface area contributed by atoms with Crippen molar-refractivity contribution in [3.05, 3.63) is 79.3 Å². The van der Waals surface area contributed by atoms with Crippen LogP contribution in [-0.2, 0) is 4.74 Å². The fourth-order valence-electron chi connectivity index (χ4n) is 7.28. The predicted molar refractivity (Wildman–Crippen MR) is 171 cm³/mol. The van der Waals surface area contributed by atoms with E-state index < -0.39 is 0 Å². The first-order valence-electron chi connectivity index (χ1n) is 15.5. The molecule has 9 nitrogen and oxygen atoms in total. The van der Waals surface area contributed by atoms with Crippen LogP contribution in [0.15, 0.2) is 79.3 Å². The number of rotatable bonds is 6. The number of hydrogen-bond acceptors (Lipinski definition) is 7. The SMILES string of the molecule is c1cc2c(cc1-c1ccc3[nH]ncc3c1)Oc1cc(-c3ccc4[nH]ncc4c3)cnc1N2CCCN1CC2COCC(C2)C1. The number of aromatic nitrogens is 5. The predicted octanol–water partition coefficient (Wildman–Crippen LogP) is 6.77. The largest absolute Gasteiger partial charge is 0.451 e. The fraction of sp³-hybridized carbons (Fsp3) is 0.286. The smallest absolute Gasteiger partial charge is 0.176 e. The highest BCUT2D eigenvalue weighted by Gasteiger charge is 2.32. The number of H-pyrrole nitrogens is 2. The summed E-state index contributed by atoms with van der Waals surface area (Å²) in [7, 11) is 0. The van der Waals surface area contributed by atoms with Crippen molar-refractivity contribution in [2.75, 3.05) is 44.3 Å². The molecule has 220 valence electrons. The molecule has 3 aromatic carbocycles. The lowest BCUT2D eigenvalue weighted by Gasteiger charge is -2.41. The van der Waals surface area contributed by atoms with Crippen LogP contribution in [0.2, 0.25) is 0 Å². The molecule has 0 saturated carbocycles. The monoisotopic (exact) mass is 583 g/mol. The molecule has 6 heterocycles. The standard InChI is InChI=1S/C35H33N7O2/c1(8-41-18-22-10-23(19-41)21-43-20-22)9-42-32-7-4-26(24-2-5-30-28(11-24)16-37-39-30)13-33(32)44-34-14-27(15-36-35(34)42)25-3-6-31-29(12-25)17-38-40-31/h2-7,11-17,22-23H,1,8-10,18-21H2,(H,37,39)(H,38,40). The summed E-state index contributed by atoms with van der Waals surface area (Å²) in [5.74, 6) is 3.83. The zero-order chi connectivity index (χ0) is 29.0. The van der Waals surface area contributed by atoms with E-state index in [-0.39, 0.29) is 0 Å². The summed E-state index contributed by atoms with van der Waals surface area (Å²) in [5.41, 5.74) is 7.42. The summed E-state index contributed by atoms with van der Waals surface area (Å²) >= 11 is 0. The van der Waals surface area contributed by atoms with Crippen LogP contribution in [0.4, 0.5) is 11.5 Å². The summed E-state index contributed by atoms with van der Waals surface area (Å²) in [5, 5.41) is 16.6. The van der Waals surface area contributed by atoms with Gasteiger partial charge in [0.25, 0.3) is 0 Å². The normalized spacial score (nSPS) is 19.6. The molecule has 9 rings (SSSR count). The van der Waals surface area contributed by atoms with Gasteiger partial charge in [-0.15, -0.1) is 0 Å². The molecule has 0 spiro atoms. The quantitative estimate of drug-likeness (QED) is 0.223. The zero-order valence-electron chi connectivity index (χ0n) is 24.4. The summed E-state index contributed by atoms with van der Waals surface area (Å²) in [6.07, 6.45) is 8.03. The number of aromatic amines is 2. The van der Waals surface area contributed by atoms with Crippen molar-refractivity contribution in [3.8, 4) is 33.8 Å². The van der Waals surface area contributed by atoms with Gasteiger partial charge in [0, 0.05) is 42.2 Å². The Morgan fingerprint density at radius 1 is 0.705 bits per heavy atom. The molecular formula is C35H33N7O2. The van der Waals surface area contributed by atoms with E-state index in [2.05, 4.69) is 90.9 Å². The molecule has 44 heavy (non-hydrogen) atoms. The second-order valence-electron chi connectivity index (χ2n) is 12.4. The van der Waals surface area contributed by atoms with Crippen LogP contribution in [0.1, 0.15) is 12.8 Å². The zero-order valence-corrected chi connectivity index (χ0v) is 24.4. The molecule has 3 aliphatic heterocycles. The first kappa shape index (κ1) is 25.7. The van der Waals surface area contributed by atoms with Gasteiger partial charge in [0.15, 0.2) is 17.3 Å². The van der Waals surface area contributed by atoms with E-state index in [9.17, 15) is 0 Å². The Hall–Kier alpha value is -4.73. The second-order valence-corrected chi connectivity index (χ2v) is 12.4. The van der Waals surface area contributed by atoms with Gasteiger partial charge < -0.3 is 19.3 Å². The van der Waals surface area contributed by atoms with Crippen LogP contribution in [-0.4, -0.2) is 69.7 Å². The molecular weight excluding hydrogens is 550 g/mol. The van der Waals surface area contributed by atoms with Crippen molar-refractivity contribution < 1.29 is 9.47 Å². The minimum absolute atomic E-state index is 0.674. The molecule has 9 heteroatoms. The van der Waals surface area contributed by atoms with Crippen molar-refractivity contribution in [1.82, 2.24) is 30.3 Å². The van der Waals surface area contributed by atoms with Gasteiger partial charge in [-0.1, -0.05) is 18.2 Å². The van der Waals surface area contributed by atoms with Crippen LogP contribution in [0.5, 0.6) is 11.5 Å². The van der Waals surface area contributed by atoms with Gasteiger partial charge >= 0.3 is 0 Å². The van der Waals surface area contributed by atoms with Crippen molar-refractivity contribution in [2.45, 2.75) is 12.8 Å². The minimum atomic E-state index is 0.674. The first-order valence-corrected chi connectivity index (χ1v) is 15.5. The van der Waals surface area contributed by atoms with E-state index >= 15 is 0 Å². The number of anilines is 2. The third-order valence-electron chi connectivity index (χ3n) is 9.37. The molecule has 2 N–H and O–H groups in total. The Kier molecular flexibility index (Phi) is 6.12. The van der Waals surface area contributed by atoms with Crippen molar-refractivity contribution >= 4 is 33.3 Å². The summed E-state index contributed by atoms with van der Waals surface area (Å²) < 4.78 is 12.5. The number of piperidine rings is 1. The van der Waals surface area contributed by atoms with Crippen LogP contribution in [0, 0.1) is 11.8 Å². The van der Waals surface area contributed by atoms with E-state index in [1.165, 1.54) is 6.42 Å². The Bertz CT molecular complexity index is 1860.